The van der Waals surface area contributed by atoms with Crippen molar-refractivity contribution in [1.29, 1.82) is 0 Å². The van der Waals surface area contributed by atoms with Gasteiger partial charge in [-0.25, -0.2) is 0 Å². The lowest BCUT2D eigenvalue weighted by Gasteiger charge is -2.16. The molecule has 1 rings (SSSR count). The number of nitro groups is 1. The molecule has 0 aliphatic carbocycles. The van der Waals surface area contributed by atoms with E-state index >= 15 is 0 Å². The molecule has 0 radical (unpaired) electrons. The lowest BCUT2D eigenvalue weighted by Crippen LogP contribution is -2.32. The molecule has 0 heterocycles. The average Bonchev–Trinajstić information content (AvgIpc) is 2.34. The average molecular weight is 308 g/mol. The second kappa shape index (κ2) is 7.93. The van der Waals surface area contributed by atoms with E-state index in [0.29, 0.717) is 18.7 Å². The second-order valence-electron chi connectivity index (χ2n) is 3.75. The maximum Gasteiger partial charge on any atom is 0.287 e. The molecular formula is C11H15Cl2N3O3. The van der Waals surface area contributed by atoms with Crippen molar-refractivity contribution in [3.8, 4) is 0 Å². The van der Waals surface area contributed by atoms with Gasteiger partial charge in [-0.15, -0.1) is 12.4 Å². The van der Waals surface area contributed by atoms with Crippen molar-refractivity contribution in [3.63, 3.8) is 0 Å². The van der Waals surface area contributed by atoms with Crippen molar-refractivity contribution in [3.05, 3.63) is 38.9 Å². The molecule has 1 aromatic rings. The summed E-state index contributed by atoms with van der Waals surface area (Å²) in [6.07, 6.45) is 0. The quantitative estimate of drug-likeness (QED) is 0.666. The standard InChI is InChI=1S/C11H14ClN3O3.ClH/c1-13-5-6-14(2)11(16)8-3-4-10(15(17)18)9(12)7-8;/h3-4,7,13H,5-6H2,1-2H3;1H. The minimum Gasteiger partial charge on any atom is -0.340 e. The number of carbonyl (C=O) groups excluding carboxylic acids is 1. The first-order valence-electron chi connectivity index (χ1n) is 5.31. The molecule has 0 bridgehead atoms. The first kappa shape index (κ1) is 17.6. The number of nitrogens with zero attached hydrogens (tertiary/aromatic N) is 2. The van der Waals surface area contributed by atoms with Crippen molar-refractivity contribution < 1.29 is 9.72 Å². The molecule has 0 aliphatic heterocycles. The zero-order valence-electron chi connectivity index (χ0n) is 10.6. The molecule has 0 unspecified atom stereocenters. The number of likely N-dealkylation sites (N-methyl/N-ethyl adjacent to an activating group) is 2. The van der Waals surface area contributed by atoms with E-state index in [1.807, 2.05) is 0 Å². The number of halogens is 2. The molecule has 1 N–H and O–H groups in total. The van der Waals surface area contributed by atoms with Crippen LogP contribution in [0.25, 0.3) is 0 Å². The van der Waals surface area contributed by atoms with E-state index in [4.69, 9.17) is 11.6 Å². The molecule has 106 valence electrons. The Labute approximate surface area is 122 Å². The van der Waals surface area contributed by atoms with Crippen LogP contribution in [0.15, 0.2) is 18.2 Å². The van der Waals surface area contributed by atoms with Gasteiger partial charge in [0.1, 0.15) is 5.02 Å². The minimum absolute atomic E-state index is 0. The molecule has 0 spiro atoms. The number of hydrogen-bond acceptors (Lipinski definition) is 4. The van der Waals surface area contributed by atoms with Crippen LogP contribution in [-0.4, -0.2) is 42.9 Å². The molecule has 19 heavy (non-hydrogen) atoms. The van der Waals surface area contributed by atoms with Crippen molar-refractivity contribution in [2.45, 2.75) is 0 Å². The largest absolute Gasteiger partial charge is 0.340 e. The summed E-state index contributed by atoms with van der Waals surface area (Å²) in [4.78, 5) is 23.5. The first-order chi connectivity index (χ1) is 8.47. The normalized spacial score (nSPS) is 9.63. The van der Waals surface area contributed by atoms with Crippen molar-refractivity contribution in [2.75, 3.05) is 27.2 Å². The Bertz CT molecular complexity index is 468. The van der Waals surface area contributed by atoms with E-state index in [0.717, 1.165) is 0 Å². The van der Waals surface area contributed by atoms with Crippen LogP contribution in [0.1, 0.15) is 10.4 Å². The van der Waals surface area contributed by atoms with Gasteiger partial charge in [-0.2, -0.15) is 0 Å². The molecule has 1 aromatic carbocycles. The lowest BCUT2D eigenvalue weighted by molar-refractivity contribution is -0.384. The van der Waals surface area contributed by atoms with Crippen molar-refractivity contribution in [2.24, 2.45) is 0 Å². The molecule has 1 amide bonds. The minimum atomic E-state index is -0.582. The van der Waals surface area contributed by atoms with E-state index < -0.39 is 4.92 Å². The van der Waals surface area contributed by atoms with Gasteiger partial charge in [0.15, 0.2) is 0 Å². The Hall–Kier alpha value is -1.37. The fourth-order valence-electron chi connectivity index (χ4n) is 1.39. The van der Waals surface area contributed by atoms with Crippen LogP contribution in [0.3, 0.4) is 0 Å². The van der Waals surface area contributed by atoms with Gasteiger partial charge in [0.2, 0.25) is 0 Å². The van der Waals surface area contributed by atoms with Crippen LogP contribution in [0.2, 0.25) is 5.02 Å². The molecule has 0 aliphatic rings. The third kappa shape index (κ3) is 4.66. The number of amides is 1. The molecule has 0 fully saturated rings. The van der Waals surface area contributed by atoms with Crippen molar-refractivity contribution >= 4 is 35.6 Å². The number of nitrogens with one attached hydrogen (secondary N) is 1. The van der Waals surface area contributed by atoms with Gasteiger partial charge < -0.3 is 10.2 Å². The van der Waals surface area contributed by atoms with E-state index in [1.165, 1.54) is 23.1 Å². The summed E-state index contributed by atoms with van der Waals surface area (Å²) in [7, 11) is 3.45. The Morgan fingerprint density at radius 3 is 2.63 bits per heavy atom. The second-order valence-corrected chi connectivity index (χ2v) is 4.16. The number of benzene rings is 1. The number of nitro benzene ring substituents is 1. The van der Waals surface area contributed by atoms with E-state index in [9.17, 15) is 14.9 Å². The Morgan fingerprint density at radius 2 is 2.16 bits per heavy atom. The maximum atomic E-state index is 12.0. The third-order valence-corrected chi connectivity index (χ3v) is 2.74. The fraction of sp³-hybridized carbons (Fsp3) is 0.364. The summed E-state index contributed by atoms with van der Waals surface area (Å²) in [5.41, 5.74) is 0.135. The summed E-state index contributed by atoms with van der Waals surface area (Å²) in [5, 5.41) is 13.5. The van der Waals surface area contributed by atoms with Gasteiger partial charge in [-0.05, 0) is 19.2 Å². The zero-order chi connectivity index (χ0) is 13.7. The van der Waals surface area contributed by atoms with Crippen LogP contribution in [-0.2, 0) is 0 Å². The highest BCUT2D eigenvalue weighted by atomic mass is 35.5. The SMILES string of the molecule is CNCCN(C)C(=O)c1ccc([N+](=O)[O-])c(Cl)c1.Cl. The van der Waals surface area contributed by atoms with Crippen molar-refractivity contribution in [1.82, 2.24) is 10.2 Å². The maximum absolute atomic E-state index is 12.0. The number of hydrogen-bond donors (Lipinski definition) is 1. The molecule has 0 atom stereocenters. The van der Waals surface area contributed by atoms with Gasteiger partial charge in [-0.1, -0.05) is 11.6 Å². The lowest BCUT2D eigenvalue weighted by atomic mass is 10.2. The highest BCUT2D eigenvalue weighted by Gasteiger charge is 2.17. The molecule has 6 nitrogen and oxygen atoms in total. The Kier molecular flexibility index (Phi) is 7.36. The predicted molar refractivity (Wildman–Crippen MR) is 76.2 cm³/mol. The van der Waals surface area contributed by atoms with Gasteiger partial charge in [0.25, 0.3) is 11.6 Å². The van der Waals surface area contributed by atoms with Gasteiger partial charge in [0, 0.05) is 31.8 Å². The first-order valence-corrected chi connectivity index (χ1v) is 5.69. The topological polar surface area (TPSA) is 75.5 Å². The van der Waals surface area contributed by atoms with Crippen LogP contribution >= 0.6 is 24.0 Å². The monoisotopic (exact) mass is 307 g/mol. The highest BCUT2D eigenvalue weighted by molar-refractivity contribution is 6.33. The summed E-state index contributed by atoms with van der Waals surface area (Å²) < 4.78 is 0. The summed E-state index contributed by atoms with van der Waals surface area (Å²) in [5.74, 6) is -0.220. The van der Waals surface area contributed by atoms with Gasteiger partial charge >= 0.3 is 0 Å². The molecule has 8 heteroatoms. The van der Waals surface area contributed by atoms with E-state index in [1.54, 1.807) is 14.1 Å². The summed E-state index contributed by atoms with van der Waals surface area (Å²) in [6.45, 7) is 1.22. The third-order valence-electron chi connectivity index (χ3n) is 2.44. The predicted octanol–water partition coefficient (Wildman–Crippen LogP) is 1.96. The van der Waals surface area contributed by atoms with E-state index in [-0.39, 0.29) is 29.0 Å². The Morgan fingerprint density at radius 1 is 1.53 bits per heavy atom. The zero-order valence-corrected chi connectivity index (χ0v) is 12.1. The highest BCUT2D eigenvalue weighted by Crippen LogP contribution is 2.25. The van der Waals surface area contributed by atoms with Crippen LogP contribution in [0, 0.1) is 10.1 Å². The Balaban J connectivity index is 0.00000324. The van der Waals surface area contributed by atoms with Crippen LogP contribution < -0.4 is 5.32 Å². The smallest absolute Gasteiger partial charge is 0.287 e. The van der Waals surface area contributed by atoms with Crippen LogP contribution in [0.4, 0.5) is 5.69 Å². The fourth-order valence-corrected chi connectivity index (χ4v) is 1.64. The van der Waals surface area contributed by atoms with Gasteiger partial charge in [-0.3, -0.25) is 14.9 Å². The summed E-state index contributed by atoms with van der Waals surface area (Å²) >= 11 is 5.75. The number of rotatable bonds is 5. The van der Waals surface area contributed by atoms with Gasteiger partial charge in [0.05, 0.1) is 4.92 Å². The molecule has 0 saturated heterocycles. The molecule has 0 aromatic heterocycles. The van der Waals surface area contributed by atoms with E-state index in [2.05, 4.69) is 5.32 Å². The summed E-state index contributed by atoms with van der Waals surface area (Å²) in [6, 6.07) is 3.96. The molecular weight excluding hydrogens is 293 g/mol. The molecule has 0 saturated carbocycles. The van der Waals surface area contributed by atoms with Crippen LogP contribution in [0.5, 0.6) is 0 Å². The number of carbonyl (C=O) groups is 1.